The van der Waals surface area contributed by atoms with E-state index in [4.69, 9.17) is 0 Å². The Labute approximate surface area is 182 Å². The van der Waals surface area contributed by atoms with Gasteiger partial charge < -0.3 is 15.2 Å². The van der Waals surface area contributed by atoms with Gasteiger partial charge in [0, 0.05) is 45.3 Å². The standard InChI is InChI=1S/C22H22FN7O2/c1-24-21(31)16-4-3-15(12-25-16)29-10-8-28(9-11-29)13-14-2-5-17-20(19(14)23)27-22(32)18-6-7-26-30(17)18/h2-7,12H,8-11,13H2,1H3,(H,24,31)(H,27,32). The van der Waals surface area contributed by atoms with Crippen LogP contribution in [0.15, 0.2) is 47.5 Å². The molecule has 0 unspecified atom stereocenters. The minimum atomic E-state index is -0.423. The lowest BCUT2D eigenvalue weighted by atomic mass is 10.1. The van der Waals surface area contributed by atoms with Gasteiger partial charge in [-0.1, -0.05) is 6.07 Å². The average molecular weight is 435 g/mol. The number of aromatic nitrogens is 4. The molecule has 1 fully saturated rings. The summed E-state index contributed by atoms with van der Waals surface area (Å²) in [6, 6.07) is 8.75. The van der Waals surface area contributed by atoms with Crippen LogP contribution in [0.3, 0.4) is 0 Å². The third-order valence-corrected chi connectivity index (χ3v) is 5.88. The number of rotatable bonds is 4. The molecule has 32 heavy (non-hydrogen) atoms. The maximum Gasteiger partial charge on any atom is 0.274 e. The van der Waals surface area contributed by atoms with E-state index in [-0.39, 0.29) is 17.0 Å². The number of H-pyrrole nitrogens is 1. The Morgan fingerprint density at radius 2 is 1.94 bits per heavy atom. The number of carbonyl (C=O) groups is 1. The summed E-state index contributed by atoms with van der Waals surface area (Å²) in [5.74, 6) is -0.637. The molecule has 5 rings (SSSR count). The molecule has 1 aromatic carbocycles. The summed E-state index contributed by atoms with van der Waals surface area (Å²) in [5, 5.41) is 6.70. The lowest BCUT2D eigenvalue weighted by Crippen LogP contribution is -2.46. The Hall–Kier alpha value is -3.79. The number of aromatic amines is 1. The quantitative estimate of drug-likeness (QED) is 0.503. The second-order valence-electron chi connectivity index (χ2n) is 7.76. The predicted molar refractivity (Wildman–Crippen MR) is 118 cm³/mol. The van der Waals surface area contributed by atoms with Gasteiger partial charge in [-0.05, 0) is 24.3 Å². The van der Waals surface area contributed by atoms with E-state index < -0.39 is 5.82 Å². The van der Waals surface area contributed by atoms with Crippen molar-refractivity contribution in [2.45, 2.75) is 6.54 Å². The van der Waals surface area contributed by atoms with Crippen molar-refractivity contribution in [2.24, 2.45) is 0 Å². The maximum atomic E-state index is 15.2. The number of pyridine rings is 1. The summed E-state index contributed by atoms with van der Waals surface area (Å²) >= 11 is 0. The molecular weight excluding hydrogens is 413 g/mol. The van der Waals surface area contributed by atoms with Gasteiger partial charge in [0.15, 0.2) is 5.82 Å². The molecule has 0 radical (unpaired) electrons. The summed E-state index contributed by atoms with van der Waals surface area (Å²) in [6.07, 6.45) is 3.23. The normalized spacial score (nSPS) is 14.9. The van der Waals surface area contributed by atoms with Gasteiger partial charge >= 0.3 is 0 Å². The van der Waals surface area contributed by atoms with Gasteiger partial charge in [0.05, 0.1) is 23.6 Å². The predicted octanol–water partition coefficient (Wildman–Crippen LogP) is 1.39. The summed E-state index contributed by atoms with van der Waals surface area (Å²) in [7, 11) is 1.57. The molecule has 1 aliphatic heterocycles. The van der Waals surface area contributed by atoms with Crippen molar-refractivity contribution in [1.82, 2.24) is 29.8 Å². The second kappa shape index (κ2) is 8.04. The summed E-state index contributed by atoms with van der Waals surface area (Å²) < 4.78 is 16.7. The number of piperazine rings is 1. The highest BCUT2D eigenvalue weighted by Gasteiger charge is 2.20. The van der Waals surface area contributed by atoms with Crippen LogP contribution in [0, 0.1) is 5.82 Å². The van der Waals surface area contributed by atoms with Crippen molar-refractivity contribution in [2.75, 3.05) is 38.1 Å². The molecule has 164 valence electrons. The van der Waals surface area contributed by atoms with Crippen molar-refractivity contribution in [1.29, 1.82) is 0 Å². The monoisotopic (exact) mass is 435 g/mol. The van der Waals surface area contributed by atoms with Gasteiger partial charge in [0.2, 0.25) is 0 Å². The first-order chi connectivity index (χ1) is 15.5. The van der Waals surface area contributed by atoms with E-state index in [0.29, 0.717) is 28.8 Å². The van der Waals surface area contributed by atoms with Crippen LogP contribution in [-0.4, -0.2) is 63.6 Å². The zero-order valence-corrected chi connectivity index (χ0v) is 17.5. The Morgan fingerprint density at radius 1 is 1.12 bits per heavy atom. The van der Waals surface area contributed by atoms with E-state index in [9.17, 15) is 9.59 Å². The van der Waals surface area contributed by atoms with Crippen molar-refractivity contribution in [3.63, 3.8) is 0 Å². The van der Waals surface area contributed by atoms with E-state index in [0.717, 1.165) is 31.9 Å². The van der Waals surface area contributed by atoms with Crippen LogP contribution in [0.4, 0.5) is 10.1 Å². The molecule has 0 aliphatic carbocycles. The Kier molecular flexibility index (Phi) is 5.06. The molecule has 0 bridgehead atoms. The van der Waals surface area contributed by atoms with Gasteiger partial charge in [0.25, 0.3) is 11.5 Å². The smallest absolute Gasteiger partial charge is 0.274 e. The number of anilines is 1. The van der Waals surface area contributed by atoms with Gasteiger partial charge in [-0.15, -0.1) is 0 Å². The number of hydrogen-bond donors (Lipinski definition) is 2. The van der Waals surface area contributed by atoms with Gasteiger partial charge in [0.1, 0.15) is 16.7 Å². The van der Waals surface area contributed by atoms with E-state index >= 15 is 4.39 Å². The fourth-order valence-corrected chi connectivity index (χ4v) is 4.11. The maximum absolute atomic E-state index is 15.2. The molecule has 9 nitrogen and oxygen atoms in total. The highest BCUT2D eigenvalue weighted by atomic mass is 19.1. The largest absolute Gasteiger partial charge is 0.368 e. The number of nitrogens with one attached hydrogen (secondary N) is 2. The van der Waals surface area contributed by atoms with E-state index in [1.165, 1.54) is 10.7 Å². The zero-order valence-electron chi connectivity index (χ0n) is 17.5. The number of amides is 1. The highest BCUT2D eigenvalue weighted by molar-refractivity contribution is 5.92. The van der Waals surface area contributed by atoms with Gasteiger partial charge in [-0.25, -0.2) is 13.9 Å². The van der Waals surface area contributed by atoms with Crippen LogP contribution in [0.25, 0.3) is 16.6 Å². The first-order valence-corrected chi connectivity index (χ1v) is 10.4. The first-order valence-electron chi connectivity index (χ1n) is 10.4. The Bertz CT molecular complexity index is 1350. The van der Waals surface area contributed by atoms with Gasteiger partial charge in [-0.2, -0.15) is 5.10 Å². The number of carbonyl (C=O) groups excluding carboxylic acids is 1. The fourth-order valence-electron chi connectivity index (χ4n) is 4.11. The first kappa shape index (κ1) is 20.1. The van der Waals surface area contributed by atoms with E-state index in [2.05, 4.69) is 30.2 Å². The molecule has 1 amide bonds. The summed E-state index contributed by atoms with van der Waals surface area (Å²) in [6.45, 7) is 3.48. The van der Waals surface area contributed by atoms with Gasteiger partial charge in [-0.3, -0.25) is 14.5 Å². The van der Waals surface area contributed by atoms with Crippen molar-refractivity contribution in [3.8, 4) is 0 Å². The van der Waals surface area contributed by atoms with Crippen LogP contribution >= 0.6 is 0 Å². The zero-order chi connectivity index (χ0) is 22.2. The summed E-state index contributed by atoms with van der Waals surface area (Å²) in [5.41, 5.74) is 2.59. The van der Waals surface area contributed by atoms with E-state index in [1.807, 2.05) is 6.07 Å². The van der Waals surface area contributed by atoms with Crippen LogP contribution in [-0.2, 0) is 6.54 Å². The second-order valence-corrected chi connectivity index (χ2v) is 7.76. The number of halogens is 1. The summed E-state index contributed by atoms with van der Waals surface area (Å²) in [4.78, 5) is 35.1. The number of nitrogens with zero attached hydrogens (tertiary/aromatic N) is 5. The lowest BCUT2D eigenvalue weighted by Gasteiger charge is -2.36. The van der Waals surface area contributed by atoms with Crippen LogP contribution < -0.4 is 15.8 Å². The third-order valence-electron chi connectivity index (χ3n) is 5.88. The number of fused-ring (bicyclic) bond motifs is 3. The lowest BCUT2D eigenvalue weighted by molar-refractivity contribution is 0.0958. The van der Waals surface area contributed by atoms with Crippen molar-refractivity contribution < 1.29 is 9.18 Å². The minimum Gasteiger partial charge on any atom is -0.368 e. The molecule has 4 heterocycles. The molecule has 0 spiro atoms. The minimum absolute atomic E-state index is 0.171. The molecule has 2 N–H and O–H groups in total. The molecule has 0 atom stereocenters. The number of hydrogen-bond acceptors (Lipinski definition) is 6. The SMILES string of the molecule is CNC(=O)c1ccc(N2CCN(Cc3ccc4c([nH]c(=O)c5ccnn54)c3F)CC2)cn1. The van der Waals surface area contributed by atoms with Crippen molar-refractivity contribution >= 4 is 28.1 Å². The molecule has 4 aromatic rings. The molecular formula is C22H22FN7O2. The topological polar surface area (TPSA) is 98.6 Å². The highest BCUT2D eigenvalue weighted by Crippen LogP contribution is 2.22. The molecule has 3 aromatic heterocycles. The molecule has 1 aliphatic rings. The van der Waals surface area contributed by atoms with E-state index in [1.54, 1.807) is 37.5 Å². The molecule has 0 saturated carbocycles. The third kappa shape index (κ3) is 3.48. The average Bonchev–Trinajstić information content (AvgIpc) is 3.32. The fraction of sp³-hybridized carbons (Fsp3) is 0.273. The van der Waals surface area contributed by atoms with Crippen LogP contribution in [0.2, 0.25) is 0 Å². The Balaban J connectivity index is 1.30. The van der Waals surface area contributed by atoms with Crippen LogP contribution in [0.5, 0.6) is 0 Å². The van der Waals surface area contributed by atoms with Crippen LogP contribution in [0.1, 0.15) is 16.1 Å². The molecule has 10 heteroatoms. The molecule has 1 saturated heterocycles. The van der Waals surface area contributed by atoms with Crippen molar-refractivity contribution in [3.05, 3.63) is 70.2 Å². The Morgan fingerprint density at radius 3 is 2.66 bits per heavy atom. The number of benzene rings is 1.